The van der Waals surface area contributed by atoms with Gasteiger partial charge in [-0.1, -0.05) is 34.8 Å². The van der Waals surface area contributed by atoms with Crippen LogP contribution in [0.2, 0.25) is 0 Å². The molecule has 0 bridgehead atoms. The smallest absolute Gasteiger partial charge is 0.411 e. The molecule has 6 nitrogen and oxygen atoms in total. The number of halogens is 5. The van der Waals surface area contributed by atoms with Gasteiger partial charge < -0.3 is 4.74 Å². The van der Waals surface area contributed by atoms with Crippen LogP contribution < -0.4 is 5.32 Å². The minimum absolute atomic E-state index is 0.123. The topological polar surface area (TPSA) is 69.0 Å². The van der Waals surface area contributed by atoms with E-state index in [1.54, 1.807) is 18.5 Å². The maximum Gasteiger partial charge on any atom is 0.411 e. The van der Waals surface area contributed by atoms with Crippen LogP contribution in [0.3, 0.4) is 0 Å². The summed E-state index contributed by atoms with van der Waals surface area (Å²) in [6.45, 7) is -0.428. The average molecular weight is 483 g/mol. The summed E-state index contributed by atoms with van der Waals surface area (Å²) >= 11 is 19.9. The van der Waals surface area contributed by atoms with Crippen LogP contribution in [-0.2, 0) is 4.74 Å². The summed E-state index contributed by atoms with van der Waals surface area (Å²) in [6.07, 6.45) is 2.37. The van der Waals surface area contributed by atoms with E-state index < -0.39 is 22.3 Å². The normalized spacial score (nSPS) is 11.6. The maximum absolute atomic E-state index is 14.2. The highest BCUT2D eigenvalue weighted by Gasteiger charge is 2.22. The standard InChI is InChI=1S/C15H9BrCl3FN4O2/c16-9-3-8-6-24(23-13(8)21-5-9)12-4-10(1-2-11(12)20)22-14(25)26-7-15(17,18)19/h1-6H,7H2,(H,22,25). The molecule has 1 aromatic carbocycles. The summed E-state index contributed by atoms with van der Waals surface area (Å²) in [5, 5.41) is 7.37. The van der Waals surface area contributed by atoms with Gasteiger partial charge in [0.2, 0.25) is 3.79 Å². The first-order chi connectivity index (χ1) is 12.2. The number of nitrogens with one attached hydrogen (secondary N) is 1. The van der Waals surface area contributed by atoms with E-state index in [2.05, 4.69) is 31.3 Å². The highest BCUT2D eigenvalue weighted by molar-refractivity contribution is 9.10. The molecule has 0 saturated heterocycles. The van der Waals surface area contributed by atoms with Gasteiger partial charge in [0.1, 0.15) is 18.1 Å². The zero-order valence-electron chi connectivity index (χ0n) is 12.7. The predicted molar refractivity (Wildman–Crippen MR) is 102 cm³/mol. The van der Waals surface area contributed by atoms with Gasteiger partial charge in [0.05, 0.1) is 0 Å². The number of benzene rings is 1. The Morgan fingerprint density at radius 1 is 1.35 bits per heavy atom. The number of fused-ring (bicyclic) bond motifs is 1. The maximum atomic E-state index is 14.2. The molecule has 26 heavy (non-hydrogen) atoms. The number of ether oxygens (including phenoxy) is 1. The fourth-order valence-corrected chi connectivity index (χ4v) is 2.59. The summed E-state index contributed by atoms with van der Waals surface area (Å²) < 4.78 is 19.4. The molecule has 3 aromatic rings. The van der Waals surface area contributed by atoms with Crippen LogP contribution in [0.15, 0.2) is 41.1 Å². The van der Waals surface area contributed by atoms with Crippen LogP contribution >= 0.6 is 50.7 Å². The van der Waals surface area contributed by atoms with Gasteiger partial charge in [-0.3, -0.25) is 5.32 Å². The molecule has 2 aromatic heterocycles. The third-order valence-electron chi connectivity index (χ3n) is 3.13. The number of rotatable bonds is 3. The van der Waals surface area contributed by atoms with Gasteiger partial charge in [0.25, 0.3) is 0 Å². The molecule has 1 amide bonds. The quantitative estimate of drug-likeness (QED) is 0.519. The predicted octanol–water partition coefficient (Wildman–Crippen LogP) is 5.24. The van der Waals surface area contributed by atoms with Crippen molar-refractivity contribution in [3.8, 4) is 5.69 Å². The Kier molecular flexibility index (Phi) is 5.57. The molecule has 11 heteroatoms. The molecule has 136 valence electrons. The van der Waals surface area contributed by atoms with Gasteiger partial charge in [0, 0.05) is 27.9 Å². The fourth-order valence-electron chi connectivity index (χ4n) is 2.08. The van der Waals surface area contributed by atoms with Crippen molar-refractivity contribution in [1.29, 1.82) is 0 Å². The first-order valence-corrected chi connectivity index (χ1v) is 8.95. The van der Waals surface area contributed by atoms with Crippen LogP contribution in [-0.4, -0.2) is 31.3 Å². The molecule has 3 rings (SSSR count). The van der Waals surface area contributed by atoms with Crippen molar-refractivity contribution >= 4 is 73.5 Å². The Labute approximate surface area is 170 Å². The van der Waals surface area contributed by atoms with Crippen molar-refractivity contribution in [2.45, 2.75) is 3.79 Å². The molecule has 0 unspecified atom stereocenters. The number of nitrogens with zero attached hydrogens (tertiary/aromatic N) is 3. The van der Waals surface area contributed by atoms with Gasteiger partial charge in [-0.05, 0) is 40.2 Å². The van der Waals surface area contributed by atoms with Crippen LogP contribution in [0.4, 0.5) is 14.9 Å². The lowest BCUT2D eigenvalue weighted by Gasteiger charge is -2.12. The molecule has 0 radical (unpaired) electrons. The van der Waals surface area contributed by atoms with Crippen molar-refractivity contribution in [2.75, 3.05) is 11.9 Å². The van der Waals surface area contributed by atoms with Crippen molar-refractivity contribution in [1.82, 2.24) is 14.8 Å². The fraction of sp³-hybridized carbons (Fsp3) is 0.133. The van der Waals surface area contributed by atoms with Crippen molar-refractivity contribution in [3.63, 3.8) is 0 Å². The number of alkyl halides is 3. The van der Waals surface area contributed by atoms with Crippen molar-refractivity contribution in [2.24, 2.45) is 0 Å². The van der Waals surface area contributed by atoms with E-state index >= 15 is 0 Å². The van der Waals surface area contributed by atoms with Gasteiger partial charge in [-0.25, -0.2) is 18.9 Å². The summed E-state index contributed by atoms with van der Waals surface area (Å²) in [5.41, 5.74) is 0.857. The van der Waals surface area contributed by atoms with Crippen molar-refractivity contribution < 1.29 is 13.9 Å². The zero-order valence-corrected chi connectivity index (χ0v) is 16.6. The Morgan fingerprint density at radius 2 is 2.12 bits per heavy atom. The highest BCUT2D eigenvalue weighted by Crippen LogP contribution is 2.26. The van der Waals surface area contributed by atoms with Crippen LogP contribution in [0, 0.1) is 5.82 Å². The molecule has 0 spiro atoms. The molecule has 0 saturated carbocycles. The molecule has 0 aliphatic heterocycles. The number of anilines is 1. The van der Waals surface area contributed by atoms with Gasteiger partial charge in [-0.2, -0.15) is 0 Å². The number of carbonyl (C=O) groups excluding carboxylic acids is 1. The second kappa shape index (κ2) is 7.56. The van der Waals surface area contributed by atoms with Crippen molar-refractivity contribution in [3.05, 3.63) is 46.9 Å². The Morgan fingerprint density at radius 3 is 2.85 bits per heavy atom. The lowest BCUT2D eigenvalue weighted by Crippen LogP contribution is -2.21. The minimum atomic E-state index is -1.72. The molecule has 0 aliphatic carbocycles. The van der Waals surface area contributed by atoms with Gasteiger partial charge in [0.15, 0.2) is 5.65 Å². The molecule has 2 heterocycles. The summed E-state index contributed by atoms with van der Waals surface area (Å²) in [4.78, 5) is 15.9. The second-order valence-corrected chi connectivity index (χ2v) is 8.55. The molecule has 1 N–H and O–H groups in total. The van der Waals surface area contributed by atoms with E-state index in [4.69, 9.17) is 39.5 Å². The molecular formula is C15H9BrCl3FN4O2. The van der Waals surface area contributed by atoms with E-state index in [9.17, 15) is 9.18 Å². The lowest BCUT2D eigenvalue weighted by molar-refractivity contribution is 0.164. The number of hydrogen-bond acceptors (Lipinski definition) is 4. The number of amides is 1. The van der Waals surface area contributed by atoms with Gasteiger partial charge >= 0.3 is 6.09 Å². The van der Waals surface area contributed by atoms with Gasteiger partial charge in [-0.15, -0.1) is 5.10 Å². The monoisotopic (exact) mass is 480 g/mol. The first kappa shape index (κ1) is 19.2. The molecule has 0 fully saturated rings. The Balaban J connectivity index is 1.84. The number of pyridine rings is 1. The minimum Gasteiger partial charge on any atom is -0.445 e. The SMILES string of the molecule is O=C(Nc1ccc(F)c(-n2cc3cc(Br)cnc3n2)c1)OCC(Cl)(Cl)Cl. The Hall–Kier alpha value is -1.61. The zero-order chi connectivity index (χ0) is 18.9. The molecular weight excluding hydrogens is 473 g/mol. The van der Waals surface area contributed by atoms with E-state index in [1.165, 1.54) is 22.9 Å². The van der Waals surface area contributed by atoms with Crippen LogP contribution in [0.1, 0.15) is 0 Å². The number of carbonyl (C=O) groups is 1. The van der Waals surface area contributed by atoms with E-state index in [1.807, 2.05) is 0 Å². The van der Waals surface area contributed by atoms with E-state index in [0.717, 1.165) is 9.86 Å². The second-order valence-electron chi connectivity index (χ2n) is 5.12. The third-order valence-corrected chi connectivity index (χ3v) is 3.89. The molecule has 0 aliphatic rings. The summed E-state index contributed by atoms with van der Waals surface area (Å²) in [7, 11) is 0. The first-order valence-electron chi connectivity index (χ1n) is 7.03. The Bertz CT molecular complexity index is 977. The number of aromatic nitrogens is 3. The average Bonchev–Trinajstić information content (AvgIpc) is 2.97. The van der Waals surface area contributed by atoms with Crippen LogP contribution in [0.5, 0.6) is 0 Å². The molecule has 0 atom stereocenters. The third kappa shape index (κ3) is 4.76. The van der Waals surface area contributed by atoms with E-state index in [-0.39, 0.29) is 11.4 Å². The van der Waals surface area contributed by atoms with Crippen LogP contribution in [0.25, 0.3) is 16.7 Å². The van der Waals surface area contributed by atoms with E-state index in [0.29, 0.717) is 5.65 Å². The summed E-state index contributed by atoms with van der Waals surface area (Å²) in [6, 6.07) is 5.76. The lowest BCUT2D eigenvalue weighted by atomic mass is 10.2. The highest BCUT2D eigenvalue weighted by atomic mass is 79.9. The number of hydrogen-bond donors (Lipinski definition) is 1. The summed E-state index contributed by atoms with van der Waals surface area (Å²) in [5.74, 6) is -0.530. The largest absolute Gasteiger partial charge is 0.445 e.